The van der Waals surface area contributed by atoms with E-state index in [0.717, 1.165) is 29.1 Å². The highest BCUT2D eigenvalue weighted by Gasteiger charge is 2.22. The lowest BCUT2D eigenvalue weighted by atomic mass is 10.1. The molecule has 32 heavy (non-hydrogen) atoms. The summed E-state index contributed by atoms with van der Waals surface area (Å²) in [5, 5.41) is 15.7. The Hall–Kier alpha value is -3.39. The summed E-state index contributed by atoms with van der Waals surface area (Å²) in [6.45, 7) is 7.74. The van der Waals surface area contributed by atoms with Crippen LogP contribution < -0.4 is 5.32 Å². The number of hydrogen-bond donors (Lipinski definition) is 1. The van der Waals surface area contributed by atoms with Crippen LogP contribution in [0.3, 0.4) is 0 Å². The molecule has 4 aromatic rings. The smallest absolute Gasteiger partial charge is 0.277 e. The van der Waals surface area contributed by atoms with Gasteiger partial charge in [0.1, 0.15) is 0 Å². The standard InChI is InChI=1S/C24H25N5O2S/c1-5-18-11-13-19(14-12-18)23-26-27-24(31-23)32-17(4)22(30)25-21-15(2)28-29(16(21)3)20-9-7-6-8-10-20/h6-14,17H,5H2,1-4H3,(H,25,30). The zero-order valence-electron chi connectivity index (χ0n) is 18.5. The molecule has 0 bridgehead atoms. The first-order valence-corrected chi connectivity index (χ1v) is 11.4. The van der Waals surface area contributed by atoms with Gasteiger partial charge in [0.25, 0.3) is 5.22 Å². The molecule has 1 atom stereocenters. The predicted octanol–water partition coefficient (Wildman–Crippen LogP) is 5.22. The van der Waals surface area contributed by atoms with Gasteiger partial charge in [0.2, 0.25) is 11.8 Å². The summed E-state index contributed by atoms with van der Waals surface area (Å²) in [5.41, 5.74) is 5.39. The van der Waals surface area contributed by atoms with Crippen LogP contribution in [0.5, 0.6) is 0 Å². The number of thioether (sulfide) groups is 1. The number of aromatic nitrogens is 4. The van der Waals surface area contributed by atoms with Crippen molar-refractivity contribution in [3.8, 4) is 17.1 Å². The molecule has 0 spiro atoms. The monoisotopic (exact) mass is 447 g/mol. The van der Waals surface area contributed by atoms with Crippen LogP contribution in [0.15, 0.2) is 64.2 Å². The van der Waals surface area contributed by atoms with Crippen LogP contribution in [0.2, 0.25) is 0 Å². The first kappa shape index (κ1) is 21.8. The number of nitrogens with one attached hydrogen (secondary N) is 1. The lowest BCUT2D eigenvalue weighted by molar-refractivity contribution is -0.115. The molecule has 0 aliphatic rings. The Morgan fingerprint density at radius 2 is 1.81 bits per heavy atom. The van der Waals surface area contributed by atoms with E-state index in [1.165, 1.54) is 17.3 Å². The van der Waals surface area contributed by atoms with Crippen molar-refractivity contribution >= 4 is 23.4 Å². The highest BCUT2D eigenvalue weighted by atomic mass is 32.2. The van der Waals surface area contributed by atoms with Crippen LogP contribution in [0.4, 0.5) is 5.69 Å². The van der Waals surface area contributed by atoms with Gasteiger partial charge in [-0.1, -0.05) is 49.0 Å². The van der Waals surface area contributed by atoms with Crippen LogP contribution in [0.25, 0.3) is 17.1 Å². The zero-order chi connectivity index (χ0) is 22.7. The largest absolute Gasteiger partial charge is 0.411 e. The first-order valence-electron chi connectivity index (χ1n) is 10.5. The Balaban J connectivity index is 1.44. The molecule has 8 heteroatoms. The van der Waals surface area contributed by atoms with Crippen molar-refractivity contribution in [2.24, 2.45) is 0 Å². The van der Waals surface area contributed by atoms with E-state index in [0.29, 0.717) is 16.8 Å². The third-order valence-electron chi connectivity index (χ3n) is 5.20. The summed E-state index contributed by atoms with van der Waals surface area (Å²) in [6.07, 6.45) is 0.973. The second kappa shape index (κ2) is 9.40. The third-order valence-corrected chi connectivity index (χ3v) is 6.14. The maximum atomic E-state index is 12.9. The van der Waals surface area contributed by atoms with E-state index >= 15 is 0 Å². The topological polar surface area (TPSA) is 85.8 Å². The van der Waals surface area contributed by atoms with Gasteiger partial charge in [0.15, 0.2) is 0 Å². The molecule has 1 N–H and O–H groups in total. The Morgan fingerprint density at radius 1 is 1.09 bits per heavy atom. The zero-order valence-corrected chi connectivity index (χ0v) is 19.3. The lowest BCUT2D eigenvalue weighted by Gasteiger charge is -2.10. The molecule has 1 amide bonds. The molecule has 1 unspecified atom stereocenters. The van der Waals surface area contributed by atoms with Crippen LogP contribution in [-0.2, 0) is 11.2 Å². The summed E-state index contributed by atoms with van der Waals surface area (Å²) in [6, 6.07) is 17.9. The molecule has 4 rings (SSSR count). The summed E-state index contributed by atoms with van der Waals surface area (Å²) < 4.78 is 7.60. The molecule has 0 fully saturated rings. The van der Waals surface area contributed by atoms with Crippen molar-refractivity contribution in [3.63, 3.8) is 0 Å². The number of nitrogens with zero attached hydrogens (tertiary/aromatic N) is 4. The minimum absolute atomic E-state index is 0.152. The molecule has 164 valence electrons. The maximum Gasteiger partial charge on any atom is 0.277 e. The molecular formula is C24H25N5O2S. The fourth-order valence-corrected chi connectivity index (χ4v) is 4.01. The van der Waals surface area contributed by atoms with Crippen molar-refractivity contribution in [1.82, 2.24) is 20.0 Å². The van der Waals surface area contributed by atoms with Gasteiger partial charge in [-0.2, -0.15) is 5.10 Å². The van der Waals surface area contributed by atoms with E-state index in [4.69, 9.17) is 4.42 Å². The number of anilines is 1. The molecule has 0 aliphatic carbocycles. The van der Waals surface area contributed by atoms with E-state index in [2.05, 4.69) is 27.5 Å². The highest BCUT2D eigenvalue weighted by Crippen LogP contribution is 2.28. The van der Waals surface area contributed by atoms with E-state index in [-0.39, 0.29) is 5.91 Å². The highest BCUT2D eigenvalue weighted by molar-refractivity contribution is 8.00. The van der Waals surface area contributed by atoms with E-state index in [1.54, 1.807) is 0 Å². The average molecular weight is 448 g/mol. The van der Waals surface area contributed by atoms with Crippen LogP contribution in [0, 0.1) is 13.8 Å². The molecule has 7 nitrogen and oxygen atoms in total. The van der Waals surface area contributed by atoms with Crippen molar-refractivity contribution in [2.75, 3.05) is 5.32 Å². The number of amides is 1. The van der Waals surface area contributed by atoms with Crippen LogP contribution in [-0.4, -0.2) is 31.1 Å². The number of aryl methyl sites for hydroxylation is 2. The normalized spacial score (nSPS) is 12.0. The molecule has 0 aliphatic heterocycles. The first-order chi connectivity index (χ1) is 15.5. The molecular weight excluding hydrogens is 422 g/mol. The Morgan fingerprint density at radius 3 is 2.50 bits per heavy atom. The van der Waals surface area contributed by atoms with Gasteiger partial charge in [-0.25, -0.2) is 4.68 Å². The Labute approximate surface area is 191 Å². The molecule has 2 aromatic heterocycles. The maximum absolute atomic E-state index is 12.9. The molecule has 0 radical (unpaired) electrons. The number of carbonyl (C=O) groups is 1. The van der Waals surface area contributed by atoms with Gasteiger partial charge in [0, 0.05) is 5.56 Å². The van der Waals surface area contributed by atoms with Gasteiger partial charge in [-0.05, 0) is 57.0 Å². The molecule has 2 aromatic carbocycles. The lowest BCUT2D eigenvalue weighted by Crippen LogP contribution is -2.23. The van der Waals surface area contributed by atoms with Crippen molar-refractivity contribution < 1.29 is 9.21 Å². The molecule has 0 saturated heterocycles. The predicted molar refractivity (Wildman–Crippen MR) is 126 cm³/mol. The number of hydrogen-bond acceptors (Lipinski definition) is 6. The van der Waals surface area contributed by atoms with E-state index < -0.39 is 5.25 Å². The molecule has 2 heterocycles. The summed E-state index contributed by atoms with van der Waals surface area (Å²) in [7, 11) is 0. The number of benzene rings is 2. The molecule has 0 saturated carbocycles. The minimum Gasteiger partial charge on any atom is -0.411 e. The third kappa shape index (κ3) is 4.60. The van der Waals surface area contributed by atoms with E-state index in [1.807, 2.05) is 80.1 Å². The fraction of sp³-hybridized carbons (Fsp3) is 0.250. The van der Waals surface area contributed by atoms with Crippen LogP contribution in [0.1, 0.15) is 30.8 Å². The second-order valence-electron chi connectivity index (χ2n) is 7.47. The number of carbonyl (C=O) groups excluding carboxylic acids is 1. The fourth-order valence-electron chi connectivity index (χ4n) is 3.33. The van der Waals surface area contributed by atoms with Gasteiger partial charge in [0.05, 0.1) is 28.0 Å². The van der Waals surface area contributed by atoms with Gasteiger partial charge in [-0.3, -0.25) is 4.79 Å². The SMILES string of the molecule is CCc1ccc(-c2nnc(SC(C)C(=O)Nc3c(C)nn(-c4ccccc4)c3C)o2)cc1. The minimum atomic E-state index is -0.426. The number of rotatable bonds is 7. The van der Waals surface area contributed by atoms with Crippen molar-refractivity contribution in [1.29, 1.82) is 0 Å². The average Bonchev–Trinajstić information content (AvgIpc) is 3.39. The van der Waals surface area contributed by atoms with Crippen molar-refractivity contribution in [3.05, 3.63) is 71.5 Å². The van der Waals surface area contributed by atoms with Crippen LogP contribution >= 0.6 is 11.8 Å². The second-order valence-corrected chi connectivity index (χ2v) is 8.76. The summed E-state index contributed by atoms with van der Waals surface area (Å²) in [5.74, 6) is 0.291. The quantitative estimate of drug-likeness (QED) is 0.391. The summed E-state index contributed by atoms with van der Waals surface area (Å²) >= 11 is 1.23. The van der Waals surface area contributed by atoms with E-state index in [9.17, 15) is 4.79 Å². The number of para-hydroxylation sites is 1. The Kier molecular flexibility index (Phi) is 6.41. The van der Waals surface area contributed by atoms with Gasteiger partial charge >= 0.3 is 0 Å². The van der Waals surface area contributed by atoms with Gasteiger partial charge < -0.3 is 9.73 Å². The van der Waals surface area contributed by atoms with Crippen molar-refractivity contribution in [2.45, 2.75) is 44.6 Å². The Bertz CT molecular complexity index is 1220. The van der Waals surface area contributed by atoms with Gasteiger partial charge in [-0.15, -0.1) is 10.2 Å². The summed E-state index contributed by atoms with van der Waals surface area (Å²) in [4.78, 5) is 12.9.